The topological polar surface area (TPSA) is 59.3 Å². The first-order valence-electron chi connectivity index (χ1n) is 5.62. The van der Waals surface area contributed by atoms with Gasteiger partial charge in [0.2, 0.25) is 10.0 Å². The van der Waals surface area contributed by atoms with Crippen molar-refractivity contribution >= 4 is 21.6 Å². The van der Waals surface area contributed by atoms with Crippen molar-refractivity contribution in [3.05, 3.63) is 24.2 Å². The Hall–Kier alpha value is -0.520. The highest BCUT2D eigenvalue weighted by Gasteiger charge is 2.14. The lowest BCUT2D eigenvalue weighted by Crippen LogP contribution is -2.34. The maximum Gasteiger partial charge on any atom is 0.211 e. The van der Waals surface area contributed by atoms with Crippen LogP contribution >= 0.6 is 11.6 Å². The summed E-state index contributed by atoms with van der Waals surface area (Å²) in [5.74, 6) is 1.32. The van der Waals surface area contributed by atoms with E-state index < -0.39 is 10.0 Å². The predicted octanol–water partition coefficient (Wildman–Crippen LogP) is 2.15. The fourth-order valence-electron chi connectivity index (χ4n) is 1.48. The van der Waals surface area contributed by atoms with Crippen molar-refractivity contribution in [2.75, 3.05) is 11.6 Å². The van der Waals surface area contributed by atoms with E-state index in [4.69, 9.17) is 16.0 Å². The third-order valence-corrected chi connectivity index (χ3v) is 4.19. The molecule has 1 N–H and O–H groups in total. The molecule has 1 atom stereocenters. The van der Waals surface area contributed by atoms with E-state index in [0.29, 0.717) is 18.7 Å². The summed E-state index contributed by atoms with van der Waals surface area (Å²) in [6.07, 6.45) is 3.53. The Bertz CT molecular complexity index is 402. The van der Waals surface area contributed by atoms with Gasteiger partial charge < -0.3 is 4.42 Å². The summed E-state index contributed by atoms with van der Waals surface area (Å²) in [4.78, 5) is 0. The Morgan fingerprint density at radius 3 is 2.88 bits per heavy atom. The monoisotopic (exact) mass is 279 g/mol. The molecule has 0 radical (unpaired) electrons. The van der Waals surface area contributed by atoms with Crippen molar-refractivity contribution in [1.82, 2.24) is 4.72 Å². The first kappa shape index (κ1) is 14.5. The summed E-state index contributed by atoms with van der Waals surface area (Å²) < 4.78 is 30.9. The van der Waals surface area contributed by atoms with E-state index in [9.17, 15) is 8.42 Å². The molecule has 0 fully saturated rings. The molecule has 0 aromatic carbocycles. The fraction of sp³-hybridized carbons (Fsp3) is 0.636. The average Bonchev–Trinajstić information content (AvgIpc) is 2.76. The summed E-state index contributed by atoms with van der Waals surface area (Å²) in [6, 6.07) is 3.61. The smallest absolute Gasteiger partial charge is 0.211 e. The second kappa shape index (κ2) is 7.03. The van der Waals surface area contributed by atoms with Crippen LogP contribution in [0.25, 0.3) is 0 Å². The lowest BCUT2D eigenvalue weighted by molar-refractivity contribution is 0.480. The number of rotatable bonds is 8. The Morgan fingerprint density at radius 2 is 2.29 bits per heavy atom. The lowest BCUT2D eigenvalue weighted by atomic mass is 10.2. The number of aryl methyl sites for hydroxylation is 1. The third-order valence-electron chi connectivity index (χ3n) is 2.33. The van der Waals surface area contributed by atoms with E-state index >= 15 is 0 Å². The van der Waals surface area contributed by atoms with Gasteiger partial charge in [-0.1, -0.05) is 0 Å². The standard InChI is InChI=1S/C11H18ClNO3S/c1-10(5-6-11-4-2-8-16-11)13-17(14,15)9-3-7-12/h2,4,8,10,13H,3,5-7,9H2,1H3. The van der Waals surface area contributed by atoms with Crippen LogP contribution in [0.1, 0.15) is 25.5 Å². The molecule has 1 aromatic rings. The van der Waals surface area contributed by atoms with Gasteiger partial charge in [0.15, 0.2) is 0 Å². The van der Waals surface area contributed by atoms with E-state index in [1.165, 1.54) is 0 Å². The van der Waals surface area contributed by atoms with Gasteiger partial charge in [-0.25, -0.2) is 13.1 Å². The van der Waals surface area contributed by atoms with Gasteiger partial charge in [-0.05, 0) is 31.9 Å². The first-order valence-corrected chi connectivity index (χ1v) is 7.80. The van der Waals surface area contributed by atoms with Gasteiger partial charge in [0, 0.05) is 18.3 Å². The molecule has 0 amide bonds. The number of halogens is 1. The zero-order chi connectivity index (χ0) is 12.7. The van der Waals surface area contributed by atoms with E-state index in [0.717, 1.165) is 12.2 Å². The maximum atomic E-state index is 11.6. The predicted molar refractivity (Wildman–Crippen MR) is 68.8 cm³/mol. The van der Waals surface area contributed by atoms with Gasteiger partial charge in [-0.2, -0.15) is 0 Å². The van der Waals surface area contributed by atoms with Crippen LogP contribution in [0.4, 0.5) is 0 Å². The minimum Gasteiger partial charge on any atom is -0.469 e. The van der Waals surface area contributed by atoms with E-state index in [2.05, 4.69) is 4.72 Å². The van der Waals surface area contributed by atoms with Crippen LogP contribution in [0.15, 0.2) is 22.8 Å². The van der Waals surface area contributed by atoms with Gasteiger partial charge >= 0.3 is 0 Å². The zero-order valence-corrected chi connectivity index (χ0v) is 11.4. The van der Waals surface area contributed by atoms with Crippen molar-refractivity contribution in [3.8, 4) is 0 Å². The summed E-state index contributed by atoms with van der Waals surface area (Å²) >= 11 is 5.47. The van der Waals surface area contributed by atoms with Crippen LogP contribution in [0, 0.1) is 0 Å². The van der Waals surface area contributed by atoms with Gasteiger partial charge in [0.05, 0.1) is 12.0 Å². The molecule has 98 valence electrons. The average molecular weight is 280 g/mol. The van der Waals surface area contributed by atoms with Crippen LogP contribution < -0.4 is 4.72 Å². The Morgan fingerprint density at radius 1 is 1.53 bits per heavy atom. The molecule has 1 unspecified atom stereocenters. The molecule has 17 heavy (non-hydrogen) atoms. The van der Waals surface area contributed by atoms with Gasteiger partial charge in [-0.15, -0.1) is 11.6 Å². The minimum absolute atomic E-state index is 0.0849. The summed E-state index contributed by atoms with van der Waals surface area (Å²) in [7, 11) is -3.20. The molecule has 0 aliphatic rings. The van der Waals surface area contributed by atoms with Crippen LogP contribution in [0.2, 0.25) is 0 Å². The molecule has 6 heteroatoms. The highest BCUT2D eigenvalue weighted by atomic mass is 35.5. The Kier molecular flexibility index (Phi) is 6.02. The Balaban J connectivity index is 2.31. The molecule has 0 aliphatic heterocycles. The van der Waals surface area contributed by atoms with Gasteiger partial charge in [0.25, 0.3) is 0 Å². The number of furan rings is 1. The second-order valence-electron chi connectivity index (χ2n) is 4.00. The summed E-state index contributed by atoms with van der Waals surface area (Å²) in [6.45, 7) is 1.85. The molecule has 0 aliphatic carbocycles. The number of hydrogen-bond acceptors (Lipinski definition) is 3. The Labute approximate surface area is 107 Å². The number of alkyl halides is 1. The van der Waals surface area contributed by atoms with Gasteiger partial charge in [0.1, 0.15) is 5.76 Å². The molecular formula is C11H18ClNO3S. The third kappa shape index (κ3) is 6.10. The van der Waals surface area contributed by atoms with Crippen LogP contribution in [0.3, 0.4) is 0 Å². The van der Waals surface area contributed by atoms with Crippen molar-refractivity contribution in [2.45, 2.75) is 32.2 Å². The van der Waals surface area contributed by atoms with Crippen molar-refractivity contribution < 1.29 is 12.8 Å². The van der Waals surface area contributed by atoms with E-state index in [1.807, 2.05) is 19.1 Å². The normalized spacial score (nSPS) is 13.8. The van der Waals surface area contributed by atoms with E-state index in [-0.39, 0.29) is 11.8 Å². The van der Waals surface area contributed by atoms with Crippen molar-refractivity contribution in [1.29, 1.82) is 0 Å². The molecule has 4 nitrogen and oxygen atoms in total. The zero-order valence-electron chi connectivity index (χ0n) is 9.86. The maximum absolute atomic E-state index is 11.6. The quantitative estimate of drug-likeness (QED) is 0.742. The number of sulfonamides is 1. The first-order chi connectivity index (χ1) is 8.03. The molecule has 0 saturated heterocycles. The molecule has 1 rings (SSSR count). The van der Waals surface area contributed by atoms with Crippen LogP contribution in [-0.2, 0) is 16.4 Å². The van der Waals surface area contributed by atoms with Gasteiger partial charge in [-0.3, -0.25) is 0 Å². The van der Waals surface area contributed by atoms with Crippen molar-refractivity contribution in [3.63, 3.8) is 0 Å². The molecule has 1 aromatic heterocycles. The van der Waals surface area contributed by atoms with Crippen LogP contribution in [0.5, 0.6) is 0 Å². The van der Waals surface area contributed by atoms with Crippen molar-refractivity contribution in [2.24, 2.45) is 0 Å². The largest absolute Gasteiger partial charge is 0.469 e. The fourth-order valence-corrected chi connectivity index (χ4v) is 3.15. The molecule has 0 saturated carbocycles. The molecule has 1 heterocycles. The highest BCUT2D eigenvalue weighted by molar-refractivity contribution is 7.89. The molecular weight excluding hydrogens is 262 g/mol. The lowest BCUT2D eigenvalue weighted by Gasteiger charge is -2.13. The summed E-state index contributed by atoms with van der Waals surface area (Å²) in [5.41, 5.74) is 0. The highest BCUT2D eigenvalue weighted by Crippen LogP contribution is 2.06. The molecule has 0 bridgehead atoms. The number of hydrogen-bond donors (Lipinski definition) is 1. The minimum atomic E-state index is -3.20. The van der Waals surface area contributed by atoms with Crippen LogP contribution in [-0.4, -0.2) is 26.1 Å². The SMILES string of the molecule is CC(CCc1ccco1)NS(=O)(=O)CCCCl. The number of nitrogens with one attached hydrogen (secondary N) is 1. The second-order valence-corrected chi connectivity index (χ2v) is 6.25. The summed E-state index contributed by atoms with van der Waals surface area (Å²) in [5, 5.41) is 0. The van der Waals surface area contributed by atoms with E-state index in [1.54, 1.807) is 6.26 Å². The molecule has 0 spiro atoms.